The second kappa shape index (κ2) is 11.8. The van der Waals surface area contributed by atoms with Crippen molar-refractivity contribution in [1.29, 1.82) is 0 Å². The van der Waals surface area contributed by atoms with Crippen LogP contribution in [0.1, 0.15) is 16.7 Å². The fourth-order valence-corrected chi connectivity index (χ4v) is 4.55. The topological polar surface area (TPSA) is 61.3 Å². The third kappa shape index (κ3) is 5.97. The number of hydrogen-bond acceptors (Lipinski definition) is 6. The quantitative estimate of drug-likeness (QED) is 0.138. The molecule has 7 heteroatoms. The van der Waals surface area contributed by atoms with Crippen molar-refractivity contribution in [2.75, 3.05) is 21.3 Å². The van der Waals surface area contributed by atoms with Crippen LogP contribution in [-0.2, 0) is 13.2 Å². The Kier molecular flexibility index (Phi) is 8.31. The predicted octanol–water partition coefficient (Wildman–Crippen LogP) is 6.17. The molecule has 4 aromatic carbocycles. The van der Waals surface area contributed by atoms with Gasteiger partial charge in [0.1, 0.15) is 6.61 Å². The van der Waals surface area contributed by atoms with E-state index in [0.717, 1.165) is 26.0 Å². The van der Waals surface area contributed by atoms with E-state index < -0.39 is 0 Å². The highest BCUT2D eigenvalue weighted by Crippen LogP contribution is 2.34. The van der Waals surface area contributed by atoms with Gasteiger partial charge in [-0.15, -0.1) is 0 Å². The number of nitrogens with one attached hydrogen (secondary N) is 1. The SMILES string of the molecule is COc1ccc(CN/N=C/c2cc(I)c(OCc3cccc4ccccc34)c(OC)c2)cc1OC. The zero-order valence-corrected chi connectivity index (χ0v) is 22.0. The molecule has 0 saturated carbocycles. The number of hydrazone groups is 1. The van der Waals surface area contributed by atoms with Crippen molar-refractivity contribution < 1.29 is 18.9 Å². The summed E-state index contributed by atoms with van der Waals surface area (Å²) in [4.78, 5) is 0. The van der Waals surface area contributed by atoms with Crippen LogP contribution in [0.15, 0.2) is 77.9 Å². The molecule has 35 heavy (non-hydrogen) atoms. The van der Waals surface area contributed by atoms with Crippen LogP contribution in [0.5, 0.6) is 23.0 Å². The second-order valence-electron chi connectivity index (χ2n) is 7.74. The molecule has 0 aliphatic carbocycles. The van der Waals surface area contributed by atoms with Crippen LogP contribution in [0.3, 0.4) is 0 Å². The number of hydrogen-bond donors (Lipinski definition) is 1. The summed E-state index contributed by atoms with van der Waals surface area (Å²) in [5.41, 5.74) is 6.14. The Labute approximate surface area is 219 Å². The van der Waals surface area contributed by atoms with E-state index in [1.807, 2.05) is 42.5 Å². The molecule has 4 rings (SSSR count). The highest BCUT2D eigenvalue weighted by molar-refractivity contribution is 14.1. The van der Waals surface area contributed by atoms with Crippen LogP contribution >= 0.6 is 22.6 Å². The number of fused-ring (bicyclic) bond motifs is 1. The maximum atomic E-state index is 6.22. The first-order valence-corrected chi connectivity index (χ1v) is 12.1. The van der Waals surface area contributed by atoms with Crippen LogP contribution in [-0.4, -0.2) is 27.5 Å². The van der Waals surface area contributed by atoms with Gasteiger partial charge in [0.15, 0.2) is 23.0 Å². The van der Waals surface area contributed by atoms with E-state index in [2.05, 4.69) is 63.4 Å². The number of rotatable bonds is 10. The van der Waals surface area contributed by atoms with Gasteiger partial charge in [-0.25, -0.2) is 0 Å². The van der Waals surface area contributed by atoms with Gasteiger partial charge in [0, 0.05) is 0 Å². The van der Waals surface area contributed by atoms with Crippen molar-refractivity contribution in [2.45, 2.75) is 13.2 Å². The van der Waals surface area contributed by atoms with Gasteiger partial charge in [-0.05, 0) is 74.3 Å². The Hall–Kier alpha value is -3.46. The molecule has 0 amide bonds. The molecule has 0 aliphatic heterocycles. The van der Waals surface area contributed by atoms with E-state index in [-0.39, 0.29) is 0 Å². The summed E-state index contributed by atoms with van der Waals surface area (Å²) >= 11 is 2.27. The largest absolute Gasteiger partial charge is 0.493 e. The van der Waals surface area contributed by atoms with Crippen LogP contribution in [0.2, 0.25) is 0 Å². The van der Waals surface area contributed by atoms with Crippen molar-refractivity contribution in [3.8, 4) is 23.0 Å². The maximum Gasteiger partial charge on any atom is 0.174 e. The molecule has 0 bridgehead atoms. The van der Waals surface area contributed by atoms with E-state index in [0.29, 0.717) is 30.4 Å². The summed E-state index contributed by atoms with van der Waals surface area (Å²) in [6, 6.07) is 24.3. The Bertz CT molecular complexity index is 1330. The van der Waals surface area contributed by atoms with Gasteiger partial charge in [-0.3, -0.25) is 0 Å². The van der Waals surface area contributed by atoms with Gasteiger partial charge in [0.2, 0.25) is 0 Å². The molecule has 0 heterocycles. The molecule has 1 N–H and O–H groups in total. The van der Waals surface area contributed by atoms with Crippen molar-refractivity contribution in [1.82, 2.24) is 5.43 Å². The monoisotopic (exact) mass is 582 g/mol. The number of nitrogens with zero attached hydrogens (tertiary/aromatic N) is 1. The fraction of sp³-hybridized carbons (Fsp3) is 0.179. The number of benzene rings is 4. The van der Waals surface area contributed by atoms with Gasteiger partial charge in [0.05, 0.1) is 37.7 Å². The first-order valence-electron chi connectivity index (χ1n) is 11.1. The Morgan fingerprint density at radius 2 is 1.60 bits per heavy atom. The molecule has 0 radical (unpaired) electrons. The molecular weight excluding hydrogens is 555 g/mol. The Balaban J connectivity index is 1.43. The normalized spacial score (nSPS) is 11.0. The van der Waals surface area contributed by atoms with E-state index in [4.69, 9.17) is 18.9 Å². The summed E-state index contributed by atoms with van der Waals surface area (Å²) in [7, 11) is 4.89. The summed E-state index contributed by atoms with van der Waals surface area (Å²) in [6.07, 6.45) is 1.76. The zero-order valence-electron chi connectivity index (χ0n) is 19.9. The van der Waals surface area contributed by atoms with Crippen molar-refractivity contribution in [2.24, 2.45) is 5.10 Å². The van der Waals surface area contributed by atoms with Gasteiger partial charge in [-0.2, -0.15) is 5.10 Å². The number of methoxy groups -OCH3 is 3. The highest BCUT2D eigenvalue weighted by atomic mass is 127. The number of halogens is 1. The van der Waals surface area contributed by atoms with Crippen molar-refractivity contribution in [3.05, 3.63) is 93.1 Å². The minimum Gasteiger partial charge on any atom is -0.493 e. The molecule has 0 fully saturated rings. The van der Waals surface area contributed by atoms with E-state index in [1.165, 1.54) is 10.8 Å². The van der Waals surface area contributed by atoms with Crippen LogP contribution in [0, 0.1) is 3.57 Å². The third-order valence-electron chi connectivity index (χ3n) is 5.54. The molecule has 0 spiro atoms. The lowest BCUT2D eigenvalue weighted by Gasteiger charge is -2.14. The van der Waals surface area contributed by atoms with Crippen LogP contribution in [0.25, 0.3) is 10.8 Å². The first kappa shape index (κ1) is 24.7. The van der Waals surface area contributed by atoms with Crippen LogP contribution < -0.4 is 24.4 Å². The van der Waals surface area contributed by atoms with Gasteiger partial charge < -0.3 is 24.4 Å². The number of ether oxygens (including phenoxy) is 4. The van der Waals surface area contributed by atoms with E-state index >= 15 is 0 Å². The fourth-order valence-electron chi connectivity index (χ4n) is 3.77. The molecule has 0 aromatic heterocycles. The van der Waals surface area contributed by atoms with Gasteiger partial charge in [-0.1, -0.05) is 48.5 Å². The maximum absolute atomic E-state index is 6.22. The Morgan fingerprint density at radius 1 is 0.829 bits per heavy atom. The van der Waals surface area contributed by atoms with E-state index in [1.54, 1.807) is 27.5 Å². The Morgan fingerprint density at radius 3 is 2.40 bits per heavy atom. The van der Waals surface area contributed by atoms with Gasteiger partial charge in [0.25, 0.3) is 0 Å². The molecular formula is C28H27IN2O4. The average molecular weight is 582 g/mol. The zero-order chi connectivity index (χ0) is 24.6. The minimum absolute atomic E-state index is 0.452. The minimum atomic E-state index is 0.452. The molecule has 4 aromatic rings. The lowest BCUT2D eigenvalue weighted by atomic mass is 10.1. The van der Waals surface area contributed by atoms with Crippen molar-refractivity contribution >= 4 is 39.6 Å². The average Bonchev–Trinajstić information content (AvgIpc) is 2.90. The molecule has 0 atom stereocenters. The molecule has 6 nitrogen and oxygen atoms in total. The summed E-state index contributed by atoms with van der Waals surface area (Å²) in [6.45, 7) is 1.01. The smallest absolute Gasteiger partial charge is 0.174 e. The standard InChI is InChI=1S/C28H27IN2O4/c1-32-25-12-11-19(14-26(25)33-2)16-30-31-17-20-13-24(29)28(27(15-20)34-3)35-18-22-9-6-8-21-7-4-5-10-23(21)22/h4-15,17,30H,16,18H2,1-3H3/b31-17+. The van der Waals surface area contributed by atoms with Crippen molar-refractivity contribution in [3.63, 3.8) is 0 Å². The lowest BCUT2D eigenvalue weighted by Crippen LogP contribution is -2.06. The second-order valence-corrected chi connectivity index (χ2v) is 8.91. The predicted molar refractivity (Wildman–Crippen MR) is 148 cm³/mol. The van der Waals surface area contributed by atoms with Gasteiger partial charge >= 0.3 is 0 Å². The first-order chi connectivity index (χ1) is 17.1. The molecule has 0 saturated heterocycles. The highest BCUT2D eigenvalue weighted by Gasteiger charge is 2.12. The van der Waals surface area contributed by atoms with E-state index in [9.17, 15) is 0 Å². The van der Waals surface area contributed by atoms with Crippen LogP contribution in [0.4, 0.5) is 0 Å². The third-order valence-corrected chi connectivity index (χ3v) is 6.34. The summed E-state index contributed by atoms with van der Waals surface area (Å²) < 4.78 is 23.4. The molecule has 0 unspecified atom stereocenters. The summed E-state index contributed by atoms with van der Waals surface area (Å²) in [5.74, 6) is 2.77. The molecule has 180 valence electrons. The molecule has 0 aliphatic rings. The lowest BCUT2D eigenvalue weighted by molar-refractivity contribution is 0.283. The summed E-state index contributed by atoms with van der Waals surface area (Å²) in [5, 5.41) is 6.75.